The van der Waals surface area contributed by atoms with Crippen LogP contribution >= 0.6 is 11.3 Å². The molecule has 0 radical (unpaired) electrons. The van der Waals surface area contributed by atoms with Crippen LogP contribution < -0.4 is 10.1 Å². The van der Waals surface area contributed by atoms with Crippen molar-refractivity contribution in [2.24, 2.45) is 5.92 Å². The molecule has 3 atom stereocenters. The Bertz CT molecular complexity index is 1060. The van der Waals surface area contributed by atoms with E-state index in [1.54, 1.807) is 6.92 Å². The van der Waals surface area contributed by atoms with Crippen LogP contribution in [0.2, 0.25) is 0 Å². The molecule has 1 saturated carbocycles. The molecule has 2 aromatic heterocycles. The molecule has 160 valence electrons. The number of para-hydroxylation sites is 2. The highest BCUT2D eigenvalue weighted by Crippen LogP contribution is 2.48. The van der Waals surface area contributed by atoms with Crippen LogP contribution in [0, 0.1) is 5.92 Å². The van der Waals surface area contributed by atoms with Crippen LogP contribution in [-0.2, 0) is 11.3 Å². The molecular formula is C20H21F3N4O2S. The first-order valence-corrected chi connectivity index (χ1v) is 10.5. The molecule has 1 N–H and O–H groups in total. The first-order valence-electron chi connectivity index (χ1n) is 9.67. The molecule has 1 aliphatic carbocycles. The van der Waals surface area contributed by atoms with Gasteiger partial charge in [-0.2, -0.15) is 13.2 Å². The van der Waals surface area contributed by atoms with Crippen molar-refractivity contribution in [3.05, 3.63) is 41.2 Å². The fourth-order valence-corrected chi connectivity index (χ4v) is 4.32. The van der Waals surface area contributed by atoms with E-state index in [1.165, 1.54) is 6.20 Å². The Morgan fingerprint density at radius 2 is 2.17 bits per heavy atom. The van der Waals surface area contributed by atoms with Crippen molar-refractivity contribution >= 4 is 28.3 Å². The Morgan fingerprint density at radius 1 is 1.40 bits per heavy atom. The summed E-state index contributed by atoms with van der Waals surface area (Å²) in [6.07, 6.45) is -2.26. The minimum Gasteiger partial charge on any atom is -0.460 e. The molecule has 1 aliphatic rings. The molecule has 4 rings (SSSR count). The Labute approximate surface area is 175 Å². The number of hydrogen-bond acceptors (Lipinski definition) is 5. The van der Waals surface area contributed by atoms with Gasteiger partial charge in [0, 0.05) is 24.6 Å². The number of nitrogens with one attached hydrogen (secondary N) is 1. The first kappa shape index (κ1) is 20.6. The molecule has 6 nitrogen and oxygen atoms in total. The molecule has 0 unspecified atom stereocenters. The second-order valence-corrected chi connectivity index (χ2v) is 8.34. The lowest BCUT2D eigenvalue weighted by Crippen LogP contribution is -2.28. The number of imidazole rings is 1. The smallest absolute Gasteiger partial charge is 0.422 e. The zero-order valence-electron chi connectivity index (χ0n) is 16.4. The monoisotopic (exact) mass is 438 g/mol. The molecule has 3 aromatic rings. The van der Waals surface area contributed by atoms with E-state index < -0.39 is 12.8 Å². The van der Waals surface area contributed by atoms with Crippen LogP contribution in [-0.4, -0.2) is 33.2 Å². The van der Waals surface area contributed by atoms with Gasteiger partial charge >= 0.3 is 6.18 Å². The highest BCUT2D eigenvalue weighted by atomic mass is 32.1. The van der Waals surface area contributed by atoms with Crippen LogP contribution in [0.5, 0.6) is 5.19 Å². The summed E-state index contributed by atoms with van der Waals surface area (Å²) in [5, 5.41) is 2.87. The number of rotatable bonds is 7. The van der Waals surface area contributed by atoms with Crippen LogP contribution in [0.25, 0.3) is 11.0 Å². The third-order valence-corrected chi connectivity index (χ3v) is 6.20. The molecule has 1 fully saturated rings. The number of ether oxygens (including phenoxy) is 1. The Hall–Kier alpha value is -2.62. The summed E-state index contributed by atoms with van der Waals surface area (Å²) in [5.41, 5.74) is 1.98. The van der Waals surface area contributed by atoms with E-state index in [4.69, 9.17) is 4.98 Å². The van der Waals surface area contributed by atoms with Gasteiger partial charge in [0.05, 0.1) is 22.0 Å². The largest absolute Gasteiger partial charge is 0.460 e. The average Bonchev–Trinajstić information content (AvgIpc) is 3.19. The van der Waals surface area contributed by atoms with Crippen LogP contribution in [0.1, 0.15) is 42.9 Å². The summed E-state index contributed by atoms with van der Waals surface area (Å²) in [7, 11) is 0. The minimum absolute atomic E-state index is 0.0654. The number of amides is 1. The highest BCUT2D eigenvalue weighted by Gasteiger charge is 2.47. The number of carbonyl (C=O) groups is 1. The third kappa shape index (κ3) is 4.28. The van der Waals surface area contributed by atoms with Crippen LogP contribution in [0.4, 0.5) is 13.2 Å². The zero-order valence-corrected chi connectivity index (χ0v) is 17.3. The zero-order chi connectivity index (χ0) is 21.5. The van der Waals surface area contributed by atoms with Crippen molar-refractivity contribution in [3.63, 3.8) is 0 Å². The van der Waals surface area contributed by atoms with Crippen molar-refractivity contribution in [3.8, 4) is 5.19 Å². The lowest BCUT2D eigenvalue weighted by molar-refractivity contribution is -0.153. The summed E-state index contributed by atoms with van der Waals surface area (Å²) < 4.78 is 43.6. The van der Waals surface area contributed by atoms with Crippen molar-refractivity contribution in [2.75, 3.05) is 6.61 Å². The molecular weight excluding hydrogens is 417 g/mol. The molecule has 0 saturated heterocycles. The lowest BCUT2D eigenvalue weighted by Gasteiger charge is -2.12. The van der Waals surface area contributed by atoms with Crippen molar-refractivity contribution in [2.45, 2.75) is 44.9 Å². The molecule has 0 bridgehead atoms. The van der Waals surface area contributed by atoms with Gasteiger partial charge < -0.3 is 14.6 Å². The normalized spacial score (nSPS) is 19.6. The standard InChI is InChI=1S/C20H21F3N4O2S/c1-3-27-15-7-5-4-6-14(15)26-17(27)12-8-13(12)18(28)25-11(2)16-9-24-19(30-16)29-10-20(21,22)23/h4-7,9,11-13H,3,8,10H2,1-2H3,(H,25,28)/t11-,12-,13-/m1/s1. The van der Waals surface area contributed by atoms with Crippen molar-refractivity contribution < 1.29 is 22.7 Å². The van der Waals surface area contributed by atoms with E-state index >= 15 is 0 Å². The van der Waals surface area contributed by atoms with E-state index in [2.05, 4.69) is 26.5 Å². The van der Waals surface area contributed by atoms with Gasteiger partial charge in [-0.15, -0.1) is 0 Å². The molecule has 1 aromatic carbocycles. The number of fused-ring (bicyclic) bond motifs is 1. The van der Waals surface area contributed by atoms with E-state index in [1.807, 2.05) is 24.3 Å². The van der Waals surface area contributed by atoms with Gasteiger partial charge in [-0.3, -0.25) is 4.79 Å². The lowest BCUT2D eigenvalue weighted by atomic mass is 10.2. The summed E-state index contributed by atoms with van der Waals surface area (Å²) >= 11 is 0.997. The maximum atomic E-state index is 12.7. The van der Waals surface area contributed by atoms with Crippen molar-refractivity contribution in [1.82, 2.24) is 19.9 Å². The molecule has 1 amide bonds. The number of carbonyl (C=O) groups excluding carboxylic acids is 1. The SMILES string of the molecule is CCn1c([C@@H]2C[C@H]2C(=O)N[C@H](C)c2cnc(OCC(F)(F)F)s2)nc2ccccc21. The van der Waals surface area contributed by atoms with Gasteiger partial charge in [-0.1, -0.05) is 23.5 Å². The topological polar surface area (TPSA) is 69.0 Å². The number of alkyl halides is 3. The second kappa shape index (κ2) is 7.90. The summed E-state index contributed by atoms with van der Waals surface area (Å²) in [6, 6.07) is 7.54. The van der Waals surface area contributed by atoms with Gasteiger partial charge in [0.15, 0.2) is 6.61 Å². The van der Waals surface area contributed by atoms with Gasteiger partial charge in [0.1, 0.15) is 5.82 Å². The maximum absolute atomic E-state index is 12.7. The number of aromatic nitrogens is 3. The molecule has 0 aliphatic heterocycles. The number of nitrogens with zero attached hydrogens (tertiary/aromatic N) is 3. The minimum atomic E-state index is -4.42. The maximum Gasteiger partial charge on any atom is 0.422 e. The molecule has 0 spiro atoms. The van der Waals surface area contributed by atoms with Gasteiger partial charge in [-0.25, -0.2) is 9.97 Å². The Balaban J connectivity index is 1.38. The fourth-order valence-electron chi connectivity index (χ4n) is 3.55. The van der Waals surface area contributed by atoms with E-state index in [0.717, 1.165) is 41.2 Å². The van der Waals surface area contributed by atoms with Gasteiger partial charge in [-0.05, 0) is 32.4 Å². The first-order chi connectivity index (χ1) is 14.3. The number of aryl methyl sites for hydroxylation is 1. The quantitative estimate of drug-likeness (QED) is 0.592. The number of halogens is 3. The van der Waals surface area contributed by atoms with Gasteiger partial charge in [0.25, 0.3) is 5.19 Å². The van der Waals surface area contributed by atoms with E-state index in [-0.39, 0.29) is 29.0 Å². The van der Waals surface area contributed by atoms with Gasteiger partial charge in [0.2, 0.25) is 5.91 Å². The van der Waals surface area contributed by atoms with Crippen LogP contribution in [0.3, 0.4) is 0 Å². The molecule has 30 heavy (non-hydrogen) atoms. The Kier molecular flexibility index (Phi) is 5.44. The number of thiazole rings is 1. The molecule has 10 heteroatoms. The molecule has 2 heterocycles. The Morgan fingerprint density at radius 3 is 2.90 bits per heavy atom. The number of benzene rings is 1. The highest BCUT2D eigenvalue weighted by molar-refractivity contribution is 7.13. The summed E-state index contributed by atoms with van der Waals surface area (Å²) in [6.45, 7) is 3.22. The average molecular weight is 438 g/mol. The summed E-state index contributed by atoms with van der Waals surface area (Å²) in [5.74, 6) is 0.737. The third-order valence-electron chi connectivity index (χ3n) is 5.11. The van der Waals surface area contributed by atoms with Crippen LogP contribution in [0.15, 0.2) is 30.5 Å². The van der Waals surface area contributed by atoms with Crippen molar-refractivity contribution in [1.29, 1.82) is 0 Å². The second-order valence-electron chi connectivity index (χ2n) is 7.31. The predicted molar refractivity (Wildman–Crippen MR) is 106 cm³/mol. The van der Waals surface area contributed by atoms with E-state index in [9.17, 15) is 18.0 Å². The van der Waals surface area contributed by atoms with E-state index in [0.29, 0.717) is 4.88 Å². The predicted octanol–water partition coefficient (Wildman–Crippen LogP) is 4.43. The fraction of sp³-hybridized carbons (Fsp3) is 0.450. The summed E-state index contributed by atoms with van der Waals surface area (Å²) in [4.78, 5) is 21.9. The number of hydrogen-bond donors (Lipinski definition) is 1.